The fourth-order valence-electron chi connectivity index (χ4n) is 3.40. The molecule has 1 aliphatic heterocycles. The van der Waals surface area contributed by atoms with E-state index in [4.69, 9.17) is 0 Å². The number of likely N-dealkylation sites (tertiary alicyclic amines) is 1. The second-order valence-electron chi connectivity index (χ2n) is 6.67. The zero-order chi connectivity index (χ0) is 16.8. The average Bonchev–Trinajstić information content (AvgIpc) is 3.25. The van der Waals surface area contributed by atoms with Crippen LogP contribution in [0.1, 0.15) is 57.1 Å². The zero-order valence-electron chi connectivity index (χ0n) is 14.1. The smallest absolute Gasteiger partial charge is 0.321 e. The lowest BCUT2D eigenvalue weighted by Gasteiger charge is -2.22. The summed E-state index contributed by atoms with van der Waals surface area (Å²) in [5.74, 6) is 0.213. The summed E-state index contributed by atoms with van der Waals surface area (Å²) in [4.78, 5) is 30.4. The molecule has 1 aliphatic carbocycles. The normalized spacial score (nSPS) is 18.6. The number of nitrogens with one attached hydrogen (secondary N) is 2. The lowest BCUT2D eigenvalue weighted by Crippen LogP contribution is -2.39. The Bertz CT molecular complexity index is 563. The van der Waals surface area contributed by atoms with E-state index in [1.807, 2.05) is 10.3 Å². The second kappa shape index (κ2) is 8.46. The minimum atomic E-state index is -0.170. The number of carbonyl (C=O) groups excluding carboxylic acids is 2. The molecule has 2 aliphatic rings. The third-order valence-electron chi connectivity index (χ3n) is 4.77. The fourth-order valence-corrected chi connectivity index (χ4v) is 4.14. The van der Waals surface area contributed by atoms with Gasteiger partial charge in [-0.2, -0.15) is 0 Å². The van der Waals surface area contributed by atoms with Crippen LogP contribution in [0.4, 0.5) is 9.93 Å². The molecule has 0 radical (unpaired) electrons. The Morgan fingerprint density at radius 1 is 1.17 bits per heavy atom. The van der Waals surface area contributed by atoms with Crippen LogP contribution in [0.15, 0.2) is 5.38 Å². The van der Waals surface area contributed by atoms with Crippen molar-refractivity contribution in [2.45, 2.75) is 63.8 Å². The maximum absolute atomic E-state index is 12.0. The molecule has 1 saturated heterocycles. The molecular formula is C17H26N4O2S. The predicted octanol–water partition coefficient (Wildman–Crippen LogP) is 3.15. The average molecular weight is 350 g/mol. The number of aromatic nitrogens is 1. The Morgan fingerprint density at radius 2 is 1.92 bits per heavy atom. The molecule has 1 saturated carbocycles. The van der Waals surface area contributed by atoms with Gasteiger partial charge in [0.1, 0.15) is 0 Å². The molecular weight excluding hydrogens is 324 g/mol. The van der Waals surface area contributed by atoms with E-state index in [0.29, 0.717) is 18.0 Å². The zero-order valence-corrected chi connectivity index (χ0v) is 14.9. The van der Waals surface area contributed by atoms with Crippen molar-refractivity contribution in [3.8, 4) is 0 Å². The Labute approximate surface area is 147 Å². The maximum atomic E-state index is 12.0. The van der Waals surface area contributed by atoms with Gasteiger partial charge >= 0.3 is 6.03 Å². The van der Waals surface area contributed by atoms with Gasteiger partial charge in [-0.15, -0.1) is 11.3 Å². The van der Waals surface area contributed by atoms with E-state index in [0.717, 1.165) is 44.5 Å². The molecule has 0 atom stereocenters. The summed E-state index contributed by atoms with van der Waals surface area (Å²) in [6, 6.07) is 0.118. The van der Waals surface area contributed by atoms with E-state index >= 15 is 0 Å². The first-order valence-corrected chi connectivity index (χ1v) is 9.88. The van der Waals surface area contributed by atoms with Crippen molar-refractivity contribution in [1.29, 1.82) is 0 Å². The number of rotatable bonds is 5. The Hall–Kier alpha value is -1.63. The number of aryl methyl sites for hydroxylation is 1. The van der Waals surface area contributed by atoms with Crippen LogP contribution in [-0.2, 0) is 11.2 Å². The van der Waals surface area contributed by atoms with Crippen molar-refractivity contribution >= 4 is 28.4 Å². The number of carbonyl (C=O) groups is 2. The van der Waals surface area contributed by atoms with E-state index in [9.17, 15) is 9.59 Å². The molecule has 132 valence electrons. The summed E-state index contributed by atoms with van der Waals surface area (Å²) in [6.45, 7) is 1.79. The van der Waals surface area contributed by atoms with Crippen molar-refractivity contribution in [2.24, 2.45) is 0 Å². The SMILES string of the molecule is O=C(Nc1nc(CCC(=O)N2CCCC2)cs1)NC1CCCCC1. The van der Waals surface area contributed by atoms with Crippen LogP contribution < -0.4 is 10.6 Å². The number of amides is 3. The molecule has 0 aromatic carbocycles. The summed E-state index contributed by atoms with van der Waals surface area (Å²) in [5.41, 5.74) is 0.875. The van der Waals surface area contributed by atoms with Gasteiger partial charge in [-0.3, -0.25) is 10.1 Å². The van der Waals surface area contributed by atoms with Crippen LogP contribution in [0, 0.1) is 0 Å². The standard InChI is InChI=1S/C17H26N4O2S/c22-15(21-10-4-5-11-21)9-8-14-12-24-17(19-14)20-16(23)18-13-6-2-1-3-7-13/h12-13H,1-11H2,(H2,18,19,20,23). The van der Waals surface area contributed by atoms with Crippen molar-refractivity contribution < 1.29 is 9.59 Å². The first kappa shape index (κ1) is 17.2. The Balaban J connectivity index is 1.41. The number of anilines is 1. The third kappa shape index (κ3) is 4.93. The van der Waals surface area contributed by atoms with E-state index in [1.165, 1.54) is 30.6 Å². The largest absolute Gasteiger partial charge is 0.343 e. The fraction of sp³-hybridized carbons (Fsp3) is 0.706. The number of hydrogen-bond acceptors (Lipinski definition) is 4. The maximum Gasteiger partial charge on any atom is 0.321 e. The molecule has 2 N–H and O–H groups in total. The monoisotopic (exact) mass is 350 g/mol. The minimum absolute atomic E-state index is 0.170. The van der Waals surface area contributed by atoms with Gasteiger partial charge in [0.25, 0.3) is 0 Å². The molecule has 24 heavy (non-hydrogen) atoms. The summed E-state index contributed by atoms with van der Waals surface area (Å²) < 4.78 is 0. The summed E-state index contributed by atoms with van der Waals surface area (Å²) >= 11 is 1.42. The summed E-state index contributed by atoms with van der Waals surface area (Å²) in [6.07, 6.45) is 9.15. The molecule has 6 nitrogen and oxygen atoms in total. The molecule has 3 rings (SSSR count). The first-order valence-electron chi connectivity index (χ1n) is 9.00. The van der Waals surface area contributed by atoms with Crippen LogP contribution in [0.25, 0.3) is 0 Å². The van der Waals surface area contributed by atoms with Crippen LogP contribution >= 0.6 is 11.3 Å². The van der Waals surface area contributed by atoms with E-state index in [2.05, 4.69) is 15.6 Å². The molecule has 2 fully saturated rings. The van der Waals surface area contributed by atoms with Crippen molar-refractivity contribution in [3.05, 3.63) is 11.1 Å². The van der Waals surface area contributed by atoms with Crippen molar-refractivity contribution in [1.82, 2.24) is 15.2 Å². The van der Waals surface area contributed by atoms with Gasteiger partial charge < -0.3 is 10.2 Å². The van der Waals surface area contributed by atoms with Crippen LogP contribution in [-0.4, -0.2) is 41.0 Å². The molecule has 3 amide bonds. The van der Waals surface area contributed by atoms with Gasteiger partial charge in [-0.1, -0.05) is 19.3 Å². The van der Waals surface area contributed by atoms with E-state index in [-0.39, 0.29) is 18.0 Å². The highest BCUT2D eigenvalue weighted by Crippen LogP contribution is 2.19. The topological polar surface area (TPSA) is 74.3 Å². The second-order valence-corrected chi connectivity index (χ2v) is 7.52. The number of urea groups is 1. The van der Waals surface area contributed by atoms with Gasteiger partial charge in [-0.25, -0.2) is 9.78 Å². The molecule has 0 unspecified atom stereocenters. The summed E-state index contributed by atoms with van der Waals surface area (Å²) in [5, 5.41) is 8.36. The quantitative estimate of drug-likeness (QED) is 0.856. The van der Waals surface area contributed by atoms with Crippen LogP contribution in [0.5, 0.6) is 0 Å². The van der Waals surface area contributed by atoms with Gasteiger partial charge in [0.2, 0.25) is 5.91 Å². The van der Waals surface area contributed by atoms with Crippen molar-refractivity contribution in [3.63, 3.8) is 0 Å². The minimum Gasteiger partial charge on any atom is -0.343 e. The summed E-state index contributed by atoms with van der Waals surface area (Å²) in [7, 11) is 0. The number of nitrogens with zero attached hydrogens (tertiary/aromatic N) is 2. The van der Waals surface area contributed by atoms with Crippen molar-refractivity contribution in [2.75, 3.05) is 18.4 Å². The number of thiazole rings is 1. The first-order chi connectivity index (χ1) is 11.7. The predicted molar refractivity (Wildman–Crippen MR) is 95.3 cm³/mol. The molecule has 0 bridgehead atoms. The number of hydrogen-bond donors (Lipinski definition) is 2. The van der Waals surface area contributed by atoms with Gasteiger partial charge in [0.05, 0.1) is 5.69 Å². The van der Waals surface area contributed by atoms with Crippen LogP contribution in [0.3, 0.4) is 0 Å². The molecule has 7 heteroatoms. The molecule has 1 aromatic rings. The van der Waals surface area contributed by atoms with E-state index < -0.39 is 0 Å². The lowest BCUT2D eigenvalue weighted by atomic mass is 9.96. The highest BCUT2D eigenvalue weighted by atomic mass is 32.1. The Morgan fingerprint density at radius 3 is 2.67 bits per heavy atom. The third-order valence-corrected chi connectivity index (χ3v) is 5.57. The van der Waals surface area contributed by atoms with Crippen LogP contribution in [0.2, 0.25) is 0 Å². The van der Waals surface area contributed by atoms with Gasteiger partial charge in [-0.05, 0) is 32.1 Å². The molecule has 1 aromatic heterocycles. The molecule has 2 heterocycles. The Kier molecular flexibility index (Phi) is 6.07. The highest BCUT2D eigenvalue weighted by Gasteiger charge is 2.18. The molecule has 0 spiro atoms. The van der Waals surface area contributed by atoms with Gasteiger partial charge in [0.15, 0.2) is 5.13 Å². The van der Waals surface area contributed by atoms with Gasteiger partial charge in [0, 0.05) is 30.9 Å². The van der Waals surface area contributed by atoms with E-state index in [1.54, 1.807) is 0 Å². The lowest BCUT2D eigenvalue weighted by molar-refractivity contribution is -0.130. The highest BCUT2D eigenvalue weighted by molar-refractivity contribution is 7.13.